The Hall–Kier alpha value is -3.21. The lowest BCUT2D eigenvalue weighted by Crippen LogP contribution is -2.45. The van der Waals surface area contributed by atoms with Crippen LogP contribution in [0.25, 0.3) is 0 Å². The number of carboxylic acid groups (broad SMARTS) is 1. The van der Waals surface area contributed by atoms with Crippen molar-refractivity contribution in [2.45, 2.75) is 56.4 Å². The second-order valence-electron chi connectivity index (χ2n) is 7.76. The number of hydrogen-bond donors (Lipinski definition) is 3. The zero-order chi connectivity index (χ0) is 23.1. The molecule has 11 heteroatoms. The molecule has 1 aliphatic carbocycles. The quantitative estimate of drug-likeness (QED) is 0.575. The van der Waals surface area contributed by atoms with Gasteiger partial charge in [-0.3, -0.25) is 9.88 Å². The first-order chi connectivity index (χ1) is 15.2. The van der Waals surface area contributed by atoms with Crippen LogP contribution >= 0.6 is 0 Å². The Labute approximate surface area is 187 Å². The van der Waals surface area contributed by atoms with E-state index >= 15 is 0 Å². The van der Waals surface area contributed by atoms with Crippen molar-refractivity contribution in [3.05, 3.63) is 47.9 Å². The standard InChI is InChI=1S/C21H27N5O5S/c1-15-13-22-14-19(23-15)26(21(28)29)12-11-16-7-9-18(10-8-16)32(30,31)25-20(27)24-17-5-3-2-4-6-17/h7-10,13-14,17H,2-6,11-12H2,1H3,(H,28,29)(H2,24,25,27). The van der Waals surface area contributed by atoms with Gasteiger partial charge >= 0.3 is 12.1 Å². The molecule has 32 heavy (non-hydrogen) atoms. The van der Waals surface area contributed by atoms with Crippen molar-refractivity contribution in [2.24, 2.45) is 0 Å². The molecule has 0 saturated heterocycles. The number of benzene rings is 1. The van der Waals surface area contributed by atoms with Crippen molar-refractivity contribution < 1.29 is 23.1 Å². The molecule has 3 amide bonds. The van der Waals surface area contributed by atoms with Crippen LogP contribution in [0, 0.1) is 6.92 Å². The maximum atomic E-state index is 12.5. The summed E-state index contributed by atoms with van der Waals surface area (Å²) in [5.74, 6) is 0.227. The first-order valence-electron chi connectivity index (χ1n) is 10.5. The Morgan fingerprint density at radius 2 is 1.81 bits per heavy atom. The van der Waals surface area contributed by atoms with Gasteiger partial charge in [0.05, 0.1) is 16.8 Å². The number of rotatable bonds is 7. The molecule has 10 nitrogen and oxygen atoms in total. The Kier molecular flexibility index (Phi) is 7.62. The lowest BCUT2D eigenvalue weighted by atomic mass is 9.96. The lowest BCUT2D eigenvalue weighted by molar-refractivity contribution is 0.201. The summed E-state index contributed by atoms with van der Waals surface area (Å²) < 4.78 is 27.0. The molecule has 0 radical (unpaired) electrons. The maximum Gasteiger partial charge on any atom is 0.413 e. The number of carbonyl (C=O) groups excluding carboxylic acids is 1. The number of urea groups is 1. The van der Waals surface area contributed by atoms with Crippen molar-refractivity contribution in [2.75, 3.05) is 11.4 Å². The molecule has 3 N–H and O–H groups in total. The van der Waals surface area contributed by atoms with Gasteiger partial charge in [0.1, 0.15) is 0 Å². The molecule has 0 spiro atoms. The summed E-state index contributed by atoms with van der Waals surface area (Å²) in [6.45, 7) is 1.85. The molecule has 0 aliphatic heterocycles. The third kappa shape index (κ3) is 6.39. The number of carbonyl (C=O) groups is 2. The summed E-state index contributed by atoms with van der Waals surface area (Å²) in [4.78, 5) is 32.9. The molecule has 0 atom stereocenters. The van der Waals surface area contributed by atoms with Gasteiger partial charge in [0.25, 0.3) is 10.0 Å². The maximum absolute atomic E-state index is 12.5. The van der Waals surface area contributed by atoms with Gasteiger partial charge in [-0.1, -0.05) is 31.4 Å². The summed E-state index contributed by atoms with van der Waals surface area (Å²) in [7, 11) is -4.00. The van der Waals surface area contributed by atoms with Gasteiger partial charge < -0.3 is 10.4 Å². The Morgan fingerprint density at radius 1 is 1.12 bits per heavy atom. The van der Waals surface area contributed by atoms with Gasteiger partial charge in [-0.15, -0.1) is 0 Å². The zero-order valence-corrected chi connectivity index (χ0v) is 18.6. The molecule has 0 unspecified atom stereocenters. The van der Waals surface area contributed by atoms with Crippen molar-refractivity contribution in [1.29, 1.82) is 0 Å². The van der Waals surface area contributed by atoms with Crippen LogP contribution < -0.4 is 14.9 Å². The second-order valence-corrected chi connectivity index (χ2v) is 9.44. The van der Waals surface area contributed by atoms with Crippen LogP contribution in [0.2, 0.25) is 0 Å². The fourth-order valence-electron chi connectivity index (χ4n) is 3.61. The molecule has 0 bridgehead atoms. The average molecular weight is 462 g/mol. The molecule has 1 saturated carbocycles. The van der Waals surface area contributed by atoms with Crippen LogP contribution in [0.4, 0.5) is 15.4 Å². The normalized spacial score (nSPS) is 14.5. The lowest BCUT2D eigenvalue weighted by Gasteiger charge is -2.22. The summed E-state index contributed by atoms with van der Waals surface area (Å²) in [6, 6.07) is 5.24. The van der Waals surface area contributed by atoms with E-state index in [1.807, 2.05) is 0 Å². The first-order valence-corrected chi connectivity index (χ1v) is 11.9. The molecule has 172 valence electrons. The number of nitrogens with one attached hydrogen (secondary N) is 2. The van der Waals surface area contributed by atoms with E-state index in [9.17, 15) is 23.1 Å². The number of nitrogens with zero attached hydrogens (tertiary/aromatic N) is 3. The van der Waals surface area contributed by atoms with Crippen molar-refractivity contribution >= 4 is 28.0 Å². The van der Waals surface area contributed by atoms with Crippen LogP contribution in [0.1, 0.15) is 43.4 Å². The van der Waals surface area contributed by atoms with Crippen LogP contribution in [0.3, 0.4) is 0 Å². The van der Waals surface area contributed by atoms with E-state index in [0.717, 1.165) is 42.6 Å². The predicted octanol–water partition coefficient (Wildman–Crippen LogP) is 2.83. The molecule has 1 heterocycles. The monoisotopic (exact) mass is 461 g/mol. The molecule has 1 aliphatic rings. The number of amides is 3. The minimum absolute atomic E-state index is 0.00315. The van der Waals surface area contributed by atoms with Crippen molar-refractivity contribution in [3.8, 4) is 0 Å². The fraction of sp³-hybridized carbons (Fsp3) is 0.429. The fourth-order valence-corrected chi connectivity index (χ4v) is 4.52. The minimum Gasteiger partial charge on any atom is -0.465 e. The van der Waals surface area contributed by atoms with Crippen molar-refractivity contribution in [3.63, 3.8) is 0 Å². The molecular weight excluding hydrogens is 434 g/mol. The first kappa shape index (κ1) is 23.5. The Morgan fingerprint density at radius 3 is 2.44 bits per heavy atom. The van der Waals surface area contributed by atoms with Gasteiger partial charge in [0, 0.05) is 18.8 Å². The highest BCUT2D eigenvalue weighted by molar-refractivity contribution is 7.90. The van der Waals surface area contributed by atoms with Gasteiger partial charge in [-0.2, -0.15) is 0 Å². The van der Waals surface area contributed by atoms with E-state index in [2.05, 4.69) is 20.0 Å². The van der Waals surface area contributed by atoms with Crippen molar-refractivity contribution in [1.82, 2.24) is 20.0 Å². The van der Waals surface area contributed by atoms with Crippen LogP contribution in [0.15, 0.2) is 41.6 Å². The number of aromatic nitrogens is 2. The third-order valence-electron chi connectivity index (χ3n) is 5.27. The van der Waals surface area contributed by atoms with Gasteiger partial charge in [-0.25, -0.2) is 27.7 Å². The van der Waals surface area contributed by atoms with Gasteiger partial charge in [-0.05, 0) is 43.9 Å². The third-order valence-corrected chi connectivity index (χ3v) is 6.62. The Bertz CT molecular complexity index is 1050. The molecule has 1 fully saturated rings. The summed E-state index contributed by atoms with van der Waals surface area (Å²) >= 11 is 0. The molecule has 1 aromatic carbocycles. The highest BCUT2D eigenvalue weighted by Gasteiger charge is 2.21. The zero-order valence-electron chi connectivity index (χ0n) is 17.8. The number of sulfonamides is 1. The van der Waals surface area contributed by atoms with Crippen LogP contribution in [0.5, 0.6) is 0 Å². The largest absolute Gasteiger partial charge is 0.465 e. The molecular formula is C21H27N5O5S. The SMILES string of the molecule is Cc1cncc(N(CCc2ccc(S(=O)(=O)NC(=O)NC3CCCCC3)cc2)C(=O)O)n1. The molecule has 1 aromatic heterocycles. The van der Waals surface area contributed by atoms with Crippen LogP contribution in [-0.2, 0) is 16.4 Å². The Balaban J connectivity index is 1.59. The summed E-state index contributed by atoms with van der Waals surface area (Å²) in [5, 5.41) is 12.2. The number of aryl methyl sites for hydroxylation is 1. The van der Waals surface area contributed by atoms with Gasteiger partial charge in [0.2, 0.25) is 0 Å². The van der Waals surface area contributed by atoms with E-state index in [4.69, 9.17) is 0 Å². The highest BCUT2D eigenvalue weighted by atomic mass is 32.2. The van der Waals surface area contributed by atoms with E-state index < -0.39 is 22.1 Å². The number of hydrogen-bond acceptors (Lipinski definition) is 6. The number of anilines is 1. The second kappa shape index (κ2) is 10.4. The van der Waals surface area contributed by atoms with E-state index in [1.54, 1.807) is 19.1 Å². The summed E-state index contributed by atoms with van der Waals surface area (Å²) in [5.41, 5.74) is 1.34. The summed E-state index contributed by atoms with van der Waals surface area (Å²) in [6.07, 6.45) is 6.98. The topological polar surface area (TPSA) is 142 Å². The van der Waals surface area contributed by atoms with Gasteiger partial charge in [0.15, 0.2) is 5.82 Å². The van der Waals surface area contributed by atoms with E-state index in [0.29, 0.717) is 12.1 Å². The minimum atomic E-state index is -4.00. The molecule has 2 aromatic rings. The average Bonchev–Trinajstić information content (AvgIpc) is 2.74. The molecule has 3 rings (SSSR count). The smallest absolute Gasteiger partial charge is 0.413 e. The highest BCUT2D eigenvalue weighted by Crippen LogP contribution is 2.18. The van der Waals surface area contributed by atoms with Crippen LogP contribution in [-0.4, -0.2) is 48.2 Å². The predicted molar refractivity (Wildman–Crippen MR) is 118 cm³/mol. The van der Waals surface area contributed by atoms with E-state index in [1.165, 1.54) is 24.5 Å². The van der Waals surface area contributed by atoms with E-state index in [-0.39, 0.29) is 23.3 Å².